The van der Waals surface area contributed by atoms with Crippen LogP contribution in [0.15, 0.2) is 36.7 Å². The molecule has 0 fully saturated rings. The van der Waals surface area contributed by atoms with Crippen LogP contribution in [0.5, 0.6) is 0 Å². The Morgan fingerprint density at radius 1 is 1.28 bits per heavy atom. The van der Waals surface area contributed by atoms with Gasteiger partial charge in [0.2, 0.25) is 0 Å². The molecule has 0 saturated heterocycles. The van der Waals surface area contributed by atoms with E-state index in [0.29, 0.717) is 5.69 Å². The number of aromatic nitrogens is 1. The van der Waals surface area contributed by atoms with Crippen molar-refractivity contribution in [2.75, 3.05) is 5.32 Å². The zero-order valence-electron chi connectivity index (χ0n) is 10.2. The number of aryl methyl sites for hydroxylation is 2. The third-order valence-corrected chi connectivity index (χ3v) is 2.65. The number of rotatable bonds is 2. The number of pyridine rings is 1. The van der Waals surface area contributed by atoms with Crippen molar-refractivity contribution in [1.29, 1.82) is 0 Å². The van der Waals surface area contributed by atoms with Crippen molar-refractivity contribution in [3.63, 3.8) is 0 Å². The van der Waals surface area contributed by atoms with Crippen LogP contribution in [0.2, 0.25) is 0 Å². The fourth-order valence-corrected chi connectivity index (χ4v) is 1.60. The van der Waals surface area contributed by atoms with Gasteiger partial charge >= 0.3 is 0 Å². The lowest BCUT2D eigenvalue weighted by Gasteiger charge is -2.08. The van der Waals surface area contributed by atoms with E-state index in [1.165, 1.54) is 12.1 Å². The summed E-state index contributed by atoms with van der Waals surface area (Å²) in [6, 6.07) is 6.22. The highest BCUT2D eigenvalue weighted by Gasteiger charge is 2.12. The maximum Gasteiger partial charge on any atom is 0.258 e. The third-order valence-electron chi connectivity index (χ3n) is 2.65. The number of hydrogen-bond donors (Lipinski definition) is 1. The van der Waals surface area contributed by atoms with Crippen LogP contribution in [0, 0.1) is 19.7 Å². The van der Waals surface area contributed by atoms with Crippen LogP contribution in [-0.2, 0) is 0 Å². The first kappa shape index (κ1) is 12.2. The first-order valence-corrected chi connectivity index (χ1v) is 5.56. The highest BCUT2D eigenvalue weighted by molar-refractivity contribution is 6.04. The molecule has 0 aliphatic carbocycles. The summed E-state index contributed by atoms with van der Waals surface area (Å²) in [5.41, 5.74) is 2.34. The molecule has 18 heavy (non-hydrogen) atoms. The van der Waals surface area contributed by atoms with Crippen molar-refractivity contribution < 1.29 is 9.18 Å². The summed E-state index contributed by atoms with van der Waals surface area (Å²) >= 11 is 0. The van der Waals surface area contributed by atoms with Crippen LogP contribution in [0.25, 0.3) is 0 Å². The average molecular weight is 244 g/mol. The van der Waals surface area contributed by atoms with Gasteiger partial charge in [-0.1, -0.05) is 11.6 Å². The number of carbonyl (C=O) groups is 1. The molecule has 0 radical (unpaired) electrons. The molecule has 0 aliphatic rings. The van der Waals surface area contributed by atoms with Crippen molar-refractivity contribution in [1.82, 2.24) is 4.98 Å². The third kappa shape index (κ3) is 2.53. The van der Waals surface area contributed by atoms with Gasteiger partial charge in [0, 0.05) is 6.20 Å². The van der Waals surface area contributed by atoms with Gasteiger partial charge in [-0.3, -0.25) is 9.78 Å². The first-order valence-electron chi connectivity index (χ1n) is 5.56. The summed E-state index contributed by atoms with van der Waals surface area (Å²) in [5, 5.41) is 2.65. The van der Waals surface area contributed by atoms with E-state index in [2.05, 4.69) is 10.3 Å². The van der Waals surface area contributed by atoms with E-state index in [9.17, 15) is 9.18 Å². The van der Waals surface area contributed by atoms with Gasteiger partial charge < -0.3 is 5.32 Å². The van der Waals surface area contributed by atoms with E-state index < -0.39 is 11.7 Å². The summed E-state index contributed by atoms with van der Waals surface area (Å²) < 4.78 is 13.5. The topological polar surface area (TPSA) is 42.0 Å². The highest BCUT2D eigenvalue weighted by atomic mass is 19.1. The minimum absolute atomic E-state index is 0.0400. The number of benzene rings is 1. The summed E-state index contributed by atoms with van der Waals surface area (Å²) in [5.74, 6) is -0.994. The van der Waals surface area contributed by atoms with Crippen molar-refractivity contribution in [2.45, 2.75) is 13.8 Å². The number of amides is 1. The summed E-state index contributed by atoms with van der Waals surface area (Å²) in [7, 11) is 0. The molecule has 0 aliphatic heterocycles. The Morgan fingerprint density at radius 3 is 2.78 bits per heavy atom. The Balaban J connectivity index is 2.28. The minimum Gasteiger partial charge on any atom is -0.320 e. The average Bonchev–Trinajstić information content (AvgIpc) is 2.35. The zero-order chi connectivity index (χ0) is 13.1. The Morgan fingerprint density at radius 2 is 2.06 bits per heavy atom. The van der Waals surface area contributed by atoms with Crippen LogP contribution < -0.4 is 5.32 Å². The van der Waals surface area contributed by atoms with Gasteiger partial charge in [-0.2, -0.15) is 0 Å². The maximum atomic E-state index is 13.5. The normalized spacial score (nSPS) is 10.2. The highest BCUT2D eigenvalue weighted by Crippen LogP contribution is 2.15. The molecule has 1 N–H and O–H groups in total. The standard InChI is InChI=1S/C14H13FN2O/c1-9-3-4-12(15)11(7-9)14(18)17-13-8-16-6-5-10(13)2/h3-8H,1-2H3,(H,17,18). The van der Waals surface area contributed by atoms with E-state index >= 15 is 0 Å². The van der Waals surface area contributed by atoms with Gasteiger partial charge in [-0.25, -0.2) is 4.39 Å². The fourth-order valence-electron chi connectivity index (χ4n) is 1.60. The molecule has 92 valence electrons. The zero-order valence-corrected chi connectivity index (χ0v) is 10.2. The van der Waals surface area contributed by atoms with Crippen LogP contribution >= 0.6 is 0 Å². The summed E-state index contributed by atoms with van der Waals surface area (Å²) in [6.45, 7) is 3.66. The molecule has 0 saturated carbocycles. The van der Waals surface area contributed by atoms with Crippen LogP contribution in [0.1, 0.15) is 21.5 Å². The van der Waals surface area contributed by atoms with Crippen molar-refractivity contribution in [3.8, 4) is 0 Å². The van der Waals surface area contributed by atoms with Crippen molar-refractivity contribution >= 4 is 11.6 Å². The lowest BCUT2D eigenvalue weighted by atomic mass is 10.1. The summed E-state index contributed by atoms with van der Waals surface area (Å²) in [4.78, 5) is 15.9. The van der Waals surface area contributed by atoms with Crippen molar-refractivity contribution in [2.24, 2.45) is 0 Å². The van der Waals surface area contributed by atoms with Gasteiger partial charge in [-0.05, 0) is 37.6 Å². The van der Waals surface area contributed by atoms with E-state index in [0.717, 1.165) is 11.1 Å². The van der Waals surface area contributed by atoms with Gasteiger partial charge in [0.05, 0.1) is 17.4 Å². The van der Waals surface area contributed by atoms with Crippen molar-refractivity contribution in [3.05, 3.63) is 59.2 Å². The number of halogens is 1. The Labute approximate surface area is 105 Å². The molecule has 3 nitrogen and oxygen atoms in total. The quantitative estimate of drug-likeness (QED) is 0.882. The Bertz CT molecular complexity index is 596. The van der Waals surface area contributed by atoms with E-state index in [1.807, 2.05) is 13.8 Å². The first-order chi connectivity index (χ1) is 8.58. The van der Waals surface area contributed by atoms with E-state index in [4.69, 9.17) is 0 Å². The largest absolute Gasteiger partial charge is 0.320 e. The van der Waals surface area contributed by atoms with E-state index in [1.54, 1.807) is 24.5 Å². The number of nitrogens with one attached hydrogen (secondary N) is 1. The second-order valence-electron chi connectivity index (χ2n) is 4.13. The van der Waals surface area contributed by atoms with E-state index in [-0.39, 0.29) is 5.56 Å². The predicted molar refractivity (Wildman–Crippen MR) is 68.1 cm³/mol. The van der Waals surface area contributed by atoms with Crippen LogP contribution in [0.4, 0.5) is 10.1 Å². The van der Waals surface area contributed by atoms with Gasteiger partial charge in [-0.15, -0.1) is 0 Å². The van der Waals surface area contributed by atoms with Gasteiger partial charge in [0.25, 0.3) is 5.91 Å². The second-order valence-corrected chi connectivity index (χ2v) is 4.13. The molecule has 1 amide bonds. The van der Waals surface area contributed by atoms with Gasteiger partial charge in [0.1, 0.15) is 5.82 Å². The molecule has 2 aromatic rings. The number of nitrogens with zero attached hydrogens (tertiary/aromatic N) is 1. The molecule has 0 atom stereocenters. The Hall–Kier alpha value is -2.23. The molecule has 1 heterocycles. The molecule has 2 rings (SSSR count). The van der Waals surface area contributed by atoms with Crippen LogP contribution in [0.3, 0.4) is 0 Å². The minimum atomic E-state index is -0.528. The molecule has 4 heteroatoms. The predicted octanol–water partition coefficient (Wildman–Crippen LogP) is 3.09. The van der Waals surface area contributed by atoms with Gasteiger partial charge in [0.15, 0.2) is 0 Å². The molecule has 0 unspecified atom stereocenters. The monoisotopic (exact) mass is 244 g/mol. The number of hydrogen-bond acceptors (Lipinski definition) is 2. The molecular weight excluding hydrogens is 231 g/mol. The lowest BCUT2D eigenvalue weighted by Crippen LogP contribution is -2.14. The summed E-state index contributed by atoms with van der Waals surface area (Å²) in [6.07, 6.45) is 3.18. The fraction of sp³-hybridized carbons (Fsp3) is 0.143. The second kappa shape index (κ2) is 4.96. The molecule has 0 bridgehead atoms. The lowest BCUT2D eigenvalue weighted by molar-refractivity contribution is 0.102. The molecule has 1 aromatic carbocycles. The number of carbonyl (C=O) groups excluding carboxylic acids is 1. The maximum absolute atomic E-state index is 13.5. The molecule has 0 spiro atoms. The SMILES string of the molecule is Cc1ccc(F)c(C(=O)Nc2cnccc2C)c1. The molecular formula is C14H13FN2O. The van der Waals surface area contributed by atoms with Crippen LogP contribution in [-0.4, -0.2) is 10.9 Å². The smallest absolute Gasteiger partial charge is 0.258 e. The number of anilines is 1. The molecule has 1 aromatic heterocycles. The Kier molecular flexibility index (Phi) is 3.37.